The Labute approximate surface area is 123 Å². The molecule has 0 saturated heterocycles. The van der Waals surface area contributed by atoms with Crippen molar-refractivity contribution in [3.8, 4) is 5.69 Å². The molecule has 0 aliphatic heterocycles. The van der Waals surface area contributed by atoms with Crippen molar-refractivity contribution < 1.29 is 0 Å². The maximum absolute atomic E-state index is 5.99. The zero-order valence-electron chi connectivity index (χ0n) is 10.1. The highest BCUT2D eigenvalue weighted by Gasteiger charge is 2.12. The molecular formula is C13H10BrClN4. The van der Waals surface area contributed by atoms with Crippen LogP contribution < -0.4 is 5.73 Å². The summed E-state index contributed by atoms with van der Waals surface area (Å²) < 4.78 is 2.79. The molecule has 3 rings (SSSR count). The average molecular weight is 338 g/mol. The largest absolute Gasteiger partial charge is 0.369 e. The van der Waals surface area contributed by atoms with Crippen molar-refractivity contribution in [3.05, 3.63) is 45.5 Å². The van der Waals surface area contributed by atoms with E-state index in [0.717, 1.165) is 15.7 Å². The van der Waals surface area contributed by atoms with Crippen LogP contribution in [0.15, 0.2) is 34.9 Å². The van der Waals surface area contributed by atoms with E-state index in [1.165, 1.54) is 0 Å². The molecule has 0 radical (unpaired) electrons. The standard InChI is InChI=1S/C13H10BrClN4/c1-7-2-8(14)4-10(3-7)19-12-11(18-13(19)16)5-9(15)6-17-12/h2-6H,1H3,(H2,16,18). The zero-order valence-corrected chi connectivity index (χ0v) is 12.4. The minimum absolute atomic E-state index is 0.391. The Kier molecular flexibility index (Phi) is 2.95. The predicted molar refractivity (Wildman–Crippen MR) is 80.7 cm³/mol. The lowest BCUT2D eigenvalue weighted by molar-refractivity contribution is 1.08. The van der Waals surface area contributed by atoms with Gasteiger partial charge in [0.15, 0.2) is 5.65 Å². The molecule has 19 heavy (non-hydrogen) atoms. The van der Waals surface area contributed by atoms with Crippen LogP contribution in [0, 0.1) is 6.92 Å². The molecule has 2 aromatic heterocycles. The van der Waals surface area contributed by atoms with Crippen LogP contribution in [0.5, 0.6) is 0 Å². The number of nitrogen functional groups attached to an aromatic ring is 1. The summed E-state index contributed by atoms with van der Waals surface area (Å²) >= 11 is 9.40. The third kappa shape index (κ3) is 2.19. The van der Waals surface area contributed by atoms with E-state index in [4.69, 9.17) is 17.3 Å². The van der Waals surface area contributed by atoms with E-state index in [1.807, 2.05) is 29.7 Å². The SMILES string of the molecule is Cc1cc(Br)cc(-n2c(N)nc3cc(Cl)cnc32)c1. The van der Waals surface area contributed by atoms with Crippen LogP contribution >= 0.6 is 27.5 Å². The van der Waals surface area contributed by atoms with E-state index in [-0.39, 0.29) is 0 Å². The molecule has 0 spiro atoms. The van der Waals surface area contributed by atoms with Gasteiger partial charge in [-0.2, -0.15) is 0 Å². The number of aryl methyl sites for hydroxylation is 1. The van der Waals surface area contributed by atoms with Crippen LogP contribution in [0.1, 0.15) is 5.56 Å². The Bertz CT molecular complexity index is 761. The fourth-order valence-electron chi connectivity index (χ4n) is 2.06. The molecule has 0 aliphatic rings. The first-order valence-corrected chi connectivity index (χ1v) is 6.79. The van der Waals surface area contributed by atoms with Crippen LogP contribution in [0.2, 0.25) is 5.02 Å². The van der Waals surface area contributed by atoms with Gasteiger partial charge in [-0.1, -0.05) is 27.5 Å². The Morgan fingerprint density at radius 1 is 1.26 bits per heavy atom. The lowest BCUT2D eigenvalue weighted by Crippen LogP contribution is -2.01. The fourth-order valence-corrected chi connectivity index (χ4v) is 2.81. The number of benzene rings is 1. The van der Waals surface area contributed by atoms with E-state index in [2.05, 4.69) is 25.9 Å². The molecule has 0 atom stereocenters. The highest BCUT2D eigenvalue weighted by Crippen LogP contribution is 2.26. The van der Waals surface area contributed by atoms with Gasteiger partial charge in [0.2, 0.25) is 5.95 Å². The molecule has 0 saturated carbocycles. The Morgan fingerprint density at radius 3 is 2.79 bits per heavy atom. The number of aromatic nitrogens is 3. The van der Waals surface area contributed by atoms with Crippen molar-refractivity contribution >= 4 is 44.6 Å². The van der Waals surface area contributed by atoms with E-state index < -0.39 is 0 Å². The zero-order chi connectivity index (χ0) is 13.6. The number of imidazole rings is 1. The first kappa shape index (κ1) is 12.4. The summed E-state index contributed by atoms with van der Waals surface area (Å²) in [4.78, 5) is 8.60. The molecule has 0 unspecified atom stereocenters. The second-order valence-electron chi connectivity index (χ2n) is 4.29. The van der Waals surface area contributed by atoms with Crippen molar-refractivity contribution in [2.75, 3.05) is 5.73 Å². The number of anilines is 1. The Balaban J connectivity index is 2.32. The van der Waals surface area contributed by atoms with Gasteiger partial charge in [0.05, 0.1) is 10.7 Å². The number of pyridine rings is 1. The summed E-state index contributed by atoms with van der Waals surface area (Å²) in [6.07, 6.45) is 1.59. The number of hydrogen-bond donors (Lipinski definition) is 1. The quantitative estimate of drug-likeness (QED) is 0.736. The van der Waals surface area contributed by atoms with Gasteiger partial charge in [-0.05, 0) is 36.8 Å². The molecule has 2 N–H and O–H groups in total. The molecule has 3 aromatic rings. The maximum Gasteiger partial charge on any atom is 0.207 e. The van der Waals surface area contributed by atoms with Crippen LogP contribution in [-0.2, 0) is 0 Å². The van der Waals surface area contributed by atoms with E-state index in [0.29, 0.717) is 22.1 Å². The third-order valence-corrected chi connectivity index (χ3v) is 3.44. The van der Waals surface area contributed by atoms with Crippen LogP contribution in [-0.4, -0.2) is 14.5 Å². The minimum atomic E-state index is 0.391. The van der Waals surface area contributed by atoms with Crippen LogP contribution in [0.4, 0.5) is 5.95 Å². The second kappa shape index (κ2) is 4.51. The number of fused-ring (bicyclic) bond motifs is 1. The van der Waals surface area contributed by atoms with Gasteiger partial charge in [0, 0.05) is 10.7 Å². The summed E-state index contributed by atoms with van der Waals surface area (Å²) in [7, 11) is 0. The summed E-state index contributed by atoms with van der Waals surface area (Å²) in [6, 6.07) is 7.78. The van der Waals surface area contributed by atoms with Crippen LogP contribution in [0.25, 0.3) is 16.9 Å². The number of rotatable bonds is 1. The monoisotopic (exact) mass is 336 g/mol. The minimum Gasteiger partial charge on any atom is -0.369 e. The predicted octanol–water partition coefficient (Wildman–Crippen LogP) is 3.73. The topological polar surface area (TPSA) is 56.7 Å². The van der Waals surface area contributed by atoms with Crippen LogP contribution in [0.3, 0.4) is 0 Å². The lowest BCUT2D eigenvalue weighted by atomic mass is 10.2. The Morgan fingerprint density at radius 2 is 2.05 bits per heavy atom. The van der Waals surface area contributed by atoms with Gasteiger partial charge < -0.3 is 5.73 Å². The highest BCUT2D eigenvalue weighted by molar-refractivity contribution is 9.10. The summed E-state index contributed by atoms with van der Waals surface area (Å²) in [5.74, 6) is 0.391. The second-order valence-corrected chi connectivity index (χ2v) is 5.64. The summed E-state index contributed by atoms with van der Waals surface area (Å²) in [5, 5.41) is 0.544. The average Bonchev–Trinajstić information content (AvgIpc) is 2.62. The van der Waals surface area contributed by atoms with E-state index >= 15 is 0 Å². The molecule has 0 amide bonds. The molecule has 0 aliphatic carbocycles. The fraction of sp³-hybridized carbons (Fsp3) is 0.0769. The van der Waals surface area contributed by atoms with E-state index in [1.54, 1.807) is 12.3 Å². The molecule has 96 valence electrons. The molecule has 4 nitrogen and oxygen atoms in total. The number of halogens is 2. The normalized spacial score (nSPS) is 11.1. The molecule has 1 aromatic carbocycles. The number of nitrogens with two attached hydrogens (primary N) is 1. The van der Waals surface area contributed by atoms with Gasteiger partial charge >= 0.3 is 0 Å². The van der Waals surface area contributed by atoms with Gasteiger partial charge in [-0.3, -0.25) is 4.57 Å². The third-order valence-electron chi connectivity index (χ3n) is 2.77. The number of hydrogen-bond acceptors (Lipinski definition) is 3. The maximum atomic E-state index is 5.99. The van der Waals surface area contributed by atoms with Gasteiger partial charge in [-0.15, -0.1) is 0 Å². The van der Waals surface area contributed by atoms with Crippen molar-refractivity contribution in [1.82, 2.24) is 14.5 Å². The smallest absolute Gasteiger partial charge is 0.207 e. The number of nitrogens with zero attached hydrogens (tertiary/aromatic N) is 3. The summed E-state index contributed by atoms with van der Waals surface area (Å²) in [6.45, 7) is 2.02. The molecule has 2 heterocycles. The van der Waals surface area contributed by atoms with Crippen molar-refractivity contribution in [2.45, 2.75) is 6.92 Å². The van der Waals surface area contributed by atoms with E-state index in [9.17, 15) is 0 Å². The van der Waals surface area contributed by atoms with Gasteiger partial charge in [0.1, 0.15) is 5.52 Å². The molecule has 0 bridgehead atoms. The van der Waals surface area contributed by atoms with Crippen molar-refractivity contribution in [3.63, 3.8) is 0 Å². The Hall–Kier alpha value is -1.59. The molecule has 0 fully saturated rings. The first-order valence-electron chi connectivity index (χ1n) is 5.61. The summed E-state index contributed by atoms with van der Waals surface area (Å²) in [5.41, 5.74) is 9.41. The van der Waals surface area contributed by atoms with Crippen molar-refractivity contribution in [2.24, 2.45) is 0 Å². The van der Waals surface area contributed by atoms with Gasteiger partial charge in [0.25, 0.3) is 0 Å². The highest BCUT2D eigenvalue weighted by atomic mass is 79.9. The lowest BCUT2D eigenvalue weighted by Gasteiger charge is -2.07. The first-order chi connectivity index (χ1) is 9.04. The molecular weight excluding hydrogens is 328 g/mol. The molecule has 6 heteroatoms. The van der Waals surface area contributed by atoms with Crippen molar-refractivity contribution in [1.29, 1.82) is 0 Å². The van der Waals surface area contributed by atoms with Gasteiger partial charge in [-0.25, -0.2) is 9.97 Å².